The third-order valence-corrected chi connectivity index (χ3v) is 4.84. The van der Waals surface area contributed by atoms with Gasteiger partial charge in [-0.15, -0.1) is 0 Å². The van der Waals surface area contributed by atoms with E-state index >= 15 is 0 Å². The second-order valence-corrected chi connectivity index (χ2v) is 6.66. The van der Waals surface area contributed by atoms with Crippen molar-refractivity contribution in [3.8, 4) is 0 Å². The van der Waals surface area contributed by atoms with E-state index in [0.717, 1.165) is 0 Å². The fourth-order valence-electron chi connectivity index (χ4n) is 2.97. The van der Waals surface area contributed by atoms with Gasteiger partial charge in [0.2, 0.25) is 5.91 Å². The molecular weight excluding hydrogens is 372 g/mol. The van der Waals surface area contributed by atoms with Gasteiger partial charge in [0.15, 0.2) is 0 Å². The van der Waals surface area contributed by atoms with Crippen molar-refractivity contribution >= 4 is 28.6 Å². The van der Waals surface area contributed by atoms with E-state index in [-0.39, 0.29) is 17.2 Å². The first kappa shape index (κ1) is 19.9. The van der Waals surface area contributed by atoms with Gasteiger partial charge in [-0.1, -0.05) is 12.1 Å². The van der Waals surface area contributed by atoms with Crippen LogP contribution >= 0.6 is 0 Å². The summed E-state index contributed by atoms with van der Waals surface area (Å²) in [4.78, 5) is 41.5. The molecule has 1 heterocycles. The zero-order valence-corrected chi connectivity index (χ0v) is 16.3. The summed E-state index contributed by atoms with van der Waals surface area (Å²) in [6, 6.07) is 12.5. The predicted octanol–water partition coefficient (Wildman–Crippen LogP) is 3.07. The molecular formula is C21H20N4O4. The van der Waals surface area contributed by atoms with Crippen LogP contribution < -0.4 is 5.56 Å². The highest BCUT2D eigenvalue weighted by Crippen LogP contribution is 2.19. The van der Waals surface area contributed by atoms with Crippen LogP contribution in [0.3, 0.4) is 0 Å². The maximum Gasteiger partial charge on any atom is 0.269 e. The number of nitro groups is 1. The number of fused-ring (bicyclic) bond motifs is 1. The van der Waals surface area contributed by atoms with Gasteiger partial charge in [-0.3, -0.25) is 24.3 Å². The summed E-state index contributed by atoms with van der Waals surface area (Å²) in [7, 11) is 3.27. The van der Waals surface area contributed by atoms with Crippen LogP contribution in [0.1, 0.15) is 24.4 Å². The fraction of sp³-hybridized carbons (Fsp3) is 0.190. The topological polar surface area (TPSA) is 98.3 Å². The highest BCUT2D eigenvalue weighted by molar-refractivity contribution is 5.91. The number of amides is 1. The van der Waals surface area contributed by atoms with Crippen LogP contribution in [0.25, 0.3) is 17.0 Å². The molecule has 0 bridgehead atoms. The SMILES string of the molecule is CC(c1nc2ccccc2c(=O)n1C)N(C)C(=O)/C=C/c1ccc([N+](=O)[O-])cc1. The molecule has 0 aliphatic carbocycles. The van der Waals surface area contributed by atoms with Crippen LogP contribution in [0.4, 0.5) is 5.69 Å². The molecule has 0 saturated heterocycles. The van der Waals surface area contributed by atoms with Crippen LogP contribution in [0.15, 0.2) is 59.4 Å². The number of carbonyl (C=O) groups is 1. The molecule has 0 aliphatic rings. The number of nitrogens with zero attached hydrogens (tertiary/aromatic N) is 4. The summed E-state index contributed by atoms with van der Waals surface area (Å²) in [6.07, 6.45) is 2.97. The van der Waals surface area contributed by atoms with Crippen molar-refractivity contribution in [3.05, 3.63) is 86.5 Å². The number of hydrogen-bond acceptors (Lipinski definition) is 5. The molecule has 0 radical (unpaired) electrons. The van der Waals surface area contributed by atoms with Gasteiger partial charge >= 0.3 is 0 Å². The third-order valence-electron chi connectivity index (χ3n) is 4.84. The molecule has 1 atom stereocenters. The number of para-hydroxylation sites is 1. The largest absolute Gasteiger partial charge is 0.332 e. The predicted molar refractivity (Wildman–Crippen MR) is 110 cm³/mol. The highest BCUT2D eigenvalue weighted by Gasteiger charge is 2.20. The standard InChI is InChI=1S/C21H20N4O4/c1-14(20-22-18-7-5-4-6-17(18)21(27)24(20)3)23(2)19(26)13-10-15-8-11-16(12-9-15)25(28)29/h4-14H,1-3H3/b13-10+. The summed E-state index contributed by atoms with van der Waals surface area (Å²) in [5.74, 6) is 0.201. The van der Waals surface area contributed by atoms with Gasteiger partial charge in [0.05, 0.1) is 21.9 Å². The summed E-state index contributed by atoms with van der Waals surface area (Å²) in [5.41, 5.74) is 1.07. The number of rotatable bonds is 5. The monoisotopic (exact) mass is 392 g/mol. The average molecular weight is 392 g/mol. The lowest BCUT2D eigenvalue weighted by Crippen LogP contribution is -2.33. The van der Waals surface area contributed by atoms with Crippen molar-refractivity contribution in [1.29, 1.82) is 0 Å². The molecule has 8 heteroatoms. The van der Waals surface area contributed by atoms with Crippen LogP contribution in [0, 0.1) is 10.1 Å². The lowest BCUT2D eigenvalue weighted by atomic mass is 10.2. The summed E-state index contributed by atoms with van der Waals surface area (Å²) in [6.45, 7) is 1.80. The Morgan fingerprint density at radius 3 is 2.52 bits per heavy atom. The third kappa shape index (κ3) is 4.06. The maximum atomic E-state index is 12.6. The summed E-state index contributed by atoms with van der Waals surface area (Å²) < 4.78 is 1.46. The summed E-state index contributed by atoms with van der Waals surface area (Å²) >= 11 is 0. The quantitative estimate of drug-likeness (QED) is 0.377. The number of hydrogen-bond donors (Lipinski definition) is 0. The highest BCUT2D eigenvalue weighted by atomic mass is 16.6. The fourth-order valence-corrected chi connectivity index (χ4v) is 2.97. The first-order valence-corrected chi connectivity index (χ1v) is 8.94. The van der Waals surface area contributed by atoms with E-state index in [0.29, 0.717) is 22.3 Å². The van der Waals surface area contributed by atoms with Gasteiger partial charge in [0, 0.05) is 32.3 Å². The zero-order chi connectivity index (χ0) is 21.1. The molecule has 29 heavy (non-hydrogen) atoms. The van der Waals surface area contributed by atoms with Gasteiger partial charge in [0.1, 0.15) is 5.82 Å². The van der Waals surface area contributed by atoms with E-state index in [4.69, 9.17) is 0 Å². The number of aromatic nitrogens is 2. The van der Waals surface area contributed by atoms with Crippen LogP contribution in [-0.4, -0.2) is 32.3 Å². The van der Waals surface area contributed by atoms with E-state index in [2.05, 4.69) is 4.98 Å². The first-order chi connectivity index (χ1) is 13.8. The van der Waals surface area contributed by atoms with E-state index < -0.39 is 11.0 Å². The van der Waals surface area contributed by atoms with Crippen LogP contribution in [0.5, 0.6) is 0 Å². The Kier molecular flexibility index (Phi) is 5.54. The first-order valence-electron chi connectivity index (χ1n) is 8.94. The number of likely N-dealkylation sites (N-methyl/N-ethyl adjacent to an activating group) is 1. The molecule has 0 spiro atoms. The molecule has 0 N–H and O–H groups in total. The van der Waals surface area contributed by atoms with Crippen molar-refractivity contribution in [1.82, 2.24) is 14.5 Å². The average Bonchev–Trinajstić information content (AvgIpc) is 2.73. The zero-order valence-electron chi connectivity index (χ0n) is 16.3. The van der Waals surface area contributed by atoms with Crippen molar-refractivity contribution in [3.63, 3.8) is 0 Å². The van der Waals surface area contributed by atoms with E-state index in [1.165, 1.54) is 27.7 Å². The van der Waals surface area contributed by atoms with E-state index in [1.54, 1.807) is 57.4 Å². The van der Waals surface area contributed by atoms with E-state index in [1.807, 2.05) is 6.07 Å². The molecule has 148 valence electrons. The van der Waals surface area contributed by atoms with Crippen LogP contribution in [0.2, 0.25) is 0 Å². The molecule has 0 aliphatic heterocycles. The molecule has 0 fully saturated rings. The van der Waals surface area contributed by atoms with Crippen molar-refractivity contribution in [2.24, 2.45) is 7.05 Å². The number of benzene rings is 2. The molecule has 1 amide bonds. The Morgan fingerprint density at radius 1 is 1.21 bits per heavy atom. The molecule has 1 unspecified atom stereocenters. The minimum absolute atomic E-state index is 0.0116. The maximum absolute atomic E-state index is 12.6. The number of carbonyl (C=O) groups excluding carboxylic acids is 1. The van der Waals surface area contributed by atoms with Gasteiger partial charge in [-0.05, 0) is 42.8 Å². The smallest absolute Gasteiger partial charge is 0.269 e. The van der Waals surface area contributed by atoms with Gasteiger partial charge < -0.3 is 4.90 Å². The number of nitro benzene ring substituents is 1. The van der Waals surface area contributed by atoms with Gasteiger partial charge in [0.25, 0.3) is 11.2 Å². The molecule has 0 saturated carbocycles. The van der Waals surface area contributed by atoms with Gasteiger partial charge in [-0.25, -0.2) is 4.98 Å². The van der Waals surface area contributed by atoms with Crippen LogP contribution in [-0.2, 0) is 11.8 Å². The Balaban J connectivity index is 1.82. The Hall–Kier alpha value is -3.81. The van der Waals surface area contributed by atoms with E-state index in [9.17, 15) is 19.7 Å². The normalized spacial score (nSPS) is 12.2. The lowest BCUT2D eigenvalue weighted by molar-refractivity contribution is -0.384. The molecule has 3 aromatic rings. The lowest BCUT2D eigenvalue weighted by Gasteiger charge is -2.25. The van der Waals surface area contributed by atoms with Gasteiger partial charge in [-0.2, -0.15) is 0 Å². The Labute approximate surface area is 166 Å². The second kappa shape index (κ2) is 8.05. The molecule has 8 nitrogen and oxygen atoms in total. The summed E-state index contributed by atoms with van der Waals surface area (Å²) in [5, 5.41) is 11.2. The molecule has 3 rings (SSSR count). The van der Waals surface area contributed by atoms with Crippen molar-refractivity contribution < 1.29 is 9.72 Å². The number of non-ortho nitro benzene ring substituents is 1. The molecule has 2 aromatic carbocycles. The Morgan fingerprint density at radius 2 is 1.86 bits per heavy atom. The minimum Gasteiger partial charge on any atom is -0.332 e. The van der Waals surface area contributed by atoms with Crippen molar-refractivity contribution in [2.75, 3.05) is 7.05 Å². The van der Waals surface area contributed by atoms with Crippen molar-refractivity contribution in [2.45, 2.75) is 13.0 Å². The minimum atomic E-state index is -0.477. The second-order valence-electron chi connectivity index (χ2n) is 6.66. The molecule has 1 aromatic heterocycles. The Bertz CT molecular complexity index is 1170.